The third kappa shape index (κ3) is 6.32. The van der Waals surface area contributed by atoms with Gasteiger partial charge in [-0.15, -0.1) is 0 Å². The second kappa shape index (κ2) is 15.2. The standard InChI is InChI=1S/C47H37N3.C7H9N/c48-47-34(24-23-32-11-4-5-14-38(32)47)29-31-21-26-36(27-22-31)49-42-18-8-6-15-39(42)41-30-33(25-28-44(41)49)37-17-10-20-45-46(37)40-16-7-9-19-43(40)50(45)35-12-2-1-3-13-35;8-6-7-4-2-1-3-5-7/h1-24,26-27,30,45-46H,25,28-29,48H2;1-5H,6,8H2. The van der Waals surface area contributed by atoms with E-state index >= 15 is 0 Å². The van der Waals surface area contributed by atoms with Gasteiger partial charge in [-0.3, -0.25) is 0 Å². The molecule has 2 unspecified atom stereocenters. The molecular formula is C54H46N4. The lowest BCUT2D eigenvalue weighted by molar-refractivity contribution is 0.703. The van der Waals surface area contributed by atoms with Gasteiger partial charge >= 0.3 is 0 Å². The Morgan fingerprint density at radius 2 is 1.31 bits per heavy atom. The van der Waals surface area contributed by atoms with Crippen molar-refractivity contribution in [3.8, 4) is 5.69 Å². The predicted octanol–water partition coefficient (Wildman–Crippen LogP) is 12.2. The number of allylic oxidation sites excluding steroid dienone is 3. The fraction of sp³-hybridized carbons (Fsp3) is 0.111. The van der Waals surface area contributed by atoms with E-state index in [1.807, 2.05) is 30.3 Å². The summed E-state index contributed by atoms with van der Waals surface area (Å²) in [6, 6.07) is 60.8. The Labute approximate surface area is 340 Å². The summed E-state index contributed by atoms with van der Waals surface area (Å²) in [4.78, 5) is 2.53. The zero-order valence-electron chi connectivity index (χ0n) is 32.5. The van der Waals surface area contributed by atoms with Crippen LogP contribution in [0.1, 0.15) is 45.8 Å². The van der Waals surface area contributed by atoms with Crippen LogP contribution in [-0.4, -0.2) is 10.6 Å². The fourth-order valence-corrected chi connectivity index (χ4v) is 9.43. The Morgan fingerprint density at radius 1 is 0.603 bits per heavy atom. The second-order valence-corrected chi connectivity index (χ2v) is 15.5. The molecule has 0 radical (unpaired) electrons. The first kappa shape index (κ1) is 35.5. The first-order chi connectivity index (χ1) is 28.7. The Morgan fingerprint density at radius 3 is 2.10 bits per heavy atom. The number of benzene rings is 7. The van der Waals surface area contributed by atoms with E-state index in [4.69, 9.17) is 11.5 Å². The van der Waals surface area contributed by atoms with Gasteiger partial charge in [-0.2, -0.15) is 0 Å². The number of anilines is 3. The summed E-state index contributed by atoms with van der Waals surface area (Å²) < 4.78 is 2.49. The topological polar surface area (TPSA) is 60.2 Å². The van der Waals surface area contributed by atoms with Crippen molar-refractivity contribution < 1.29 is 0 Å². The summed E-state index contributed by atoms with van der Waals surface area (Å²) in [5, 5.41) is 3.62. The Balaban J connectivity index is 0.000000459. The molecule has 4 nitrogen and oxygen atoms in total. The van der Waals surface area contributed by atoms with Crippen LogP contribution < -0.4 is 16.4 Å². The zero-order chi connectivity index (χ0) is 39.0. The Bertz CT molecular complexity index is 2860. The number of rotatable bonds is 6. The van der Waals surface area contributed by atoms with E-state index in [-0.39, 0.29) is 6.04 Å². The molecule has 2 aliphatic carbocycles. The van der Waals surface area contributed by atoms with Gasteiger partial charge < -0.3 is 20.9 Å². The number of nitrogens with zero attached hydrogens (tertiary/aromatic N) is 2. The van der Waals surface area contributed by atoms with Gasteiger partial charge in [-0.25, -0.2) is 0 Å². The highest BCUT2D eigenvalue weighted by atomic mass is 15.2. The van der Waals surface area contributed by atoms with Crippen LogP contribution in [0.25, 0.3) is 33.4 Å². The Hall–Kier alpha value is -6.88. The van der Waals surface area contributed by atoms with Gasteiger partial charge in [0.2, 0.25) is 0 Å². The van der Waals surface area contributed by atoms with E-state index in [0.29, 0.717) is 12.5 Å². The van der Waals surface area contributed by atoms with Crippen LogP contribution in [0.4, 0.5) is 17.1 Å². The number of nitrogen functional groups attached to an aromatic ring is 1. The van der Waals surface area contributed by atoms with Gasteiger partial charge in [-0.05, 0) is 101 Å². The summed E-state index contributed by atoms with van der Waals surface area (Å²) >= 11 is 0. The number of hydrogen-bond donors (Lipinski definition) is 2. The largest absolute Gasteiger partial charge is 0.398 e. The first-order valence-corrected chi connectivity index (χ1v) is 20.4. The van der Waals surface area contributed by atoms with Crippen molar-refractivity contribution in [3.05, 3.63) is 233 Å². The minimum Gasteiger partial charge on any atom is -0.398 e. The molecule has 4 heteroatoms. The number of fused-ring (bicyclic) bond motifs is 7. The summed E-state index contributed by atoms with van der Waals surface area (Å²) in [5.74, 6) is 0.293. The quantitative estimate of drug-likeness (QED) is 0.166. The van der Waals surface area contributed by atoms with E-state index in [2.05, 4.69) is 173 Å². The van der Waals surface area contributed by atoms with E-state index in [1.54, 1.807) is 0 Å². The molecule has 4 N–H and O–H groups in total. The molecule has 0 saturated carbocycles. The zero-order valence-corrected chi connectivity index (χ0v) is 32.5. The minimum atomic E-state index is 0.252. The van der Waals surface area contributed by atoms with Crippen LogP contribution in [-0.2, 0) is 19.4 Å². The molecule has 3 aliphatic rings. The van der Waals surface area contributed by atoms with Crippen LogP contribution in [0.2, 0.25) is 0 Å². The smallest absolute Gasteiger partial charge is 0.0635 e. The molecule has 7 aromatic carbocycles. The third-order valence-electron chi connectivity index (χ3n) is 12.2. The molecule has 11 rings (SSSR count). The molecule has 0 saturated heterocycles. The summed E-state index contributed by atoms with van der Waals surface area (Å²) in [5.41, 5.74) is 28.6. The van der Waals surface area contributed by atoms with Crippen molar-refractivity contribution >= 4 is 44.8 Å². The fourth-order valence-electron chi connectivity index (χ4n) is 9.43. The summed E-state index contributed by atoms with van der Waals surface area (Å²) in [7, 11) is 0. The SMILES string of the molecule is NCc1ccccc1.Nc1c(Cc2ccc(-n3c4c(c5ccccc53)C=C(C3=CC=CC5C3c3ccccc3N5c3ccccc3)CC4)cc2)ccc2ccccc12. The molecule has 282 valence electrons. The van der Waals surface area contributed by atoms with Crippen LogP contribution >= 0.6 is 0 Å². The number of para-hydroxylation sites is 3. The van der Waals surface area contributed by atoms with E-state index in [1.165, 1.54) is 78.0 Å². The van der Waals surface area contributed by atoms with Gasteiger partial charge in [0.15, 0.2) is 0 Å². The van der Waals surface area contributed by atoms with Gasteiger partial charge in [0.1, 0.15) is 0 Å². The van der Waals surface area contributed by atoms with Gasteiger partial charge in [0.05, 0.1) is 11.6 Å². The monoisotopic (exact) mass is 750 g/mol. The predicted molar refractivity (Wildman–Crippen MR) is 244 cm³/mol. The van der Waals surface area contributed by atoms with Crippen molar-refractivity contribution in [2.75, 3.05) is 10.6 Å². The van der Waals surface area contributed by atoms with Crippen molar-refractivity contribution in [1.29, 1.82) is 0 Å². The third-order valence-corrected chi connectivity index (χ3v) is 12.2. The molecule has 1 aliphatic heterocycles. The molecule has 58 heavy (non-hydrogen) atoms. The number of hydrogen-bond acceptors (Lipinski definition) is 3. The molecule has 0 bridgehead atoms. The van der Waals surface area contributed by atoms with Crippen molar-refractivity contribution in [2.45, 2.75) is 37.8 Å². The van der Waals surface area contributed by atoms with E-state index in [9.17, 15) is 0 Å². The molecular weight excluding hydrogens is 705 g/mol. The highest BCUT2D eigenvalue weighted by molar-refractivity contribution is 5.95. The van der Waals surface area contributed by atoms with E-state index < -0.39 is 0 Å². The lowest BCUT2D eigenvalue weighted by atomic mass is 9.77. The maximum Gasteiger partial charge on any atom is 0.0635 e. The van der Waals surface area contributed by atoms with Crippen LogP contribution in [0.3, 0.4) is 0 Å². The Kier molecular flexibility index (Phi) is 9.33. The first-order valence-electron chi connectivity index (χ1n) is 20.4. The van der Waals surface area contributed by atoms with Crippen LogP contribution in [0.15, 0.2) is 199 Å². The van der Waals surface area contributed by atoms with Crippen molar-refractivity contribution in [2.24, 2.45) is 5.73 Å². The summed E-state index contributed by atoms with van der Waals surface area (Å²) in [6.07, 6.45) is 12.4. The van der Waals surface area contributed by atoms with Crippen LogP contribution in [0.5, 0.6) is 0 Å². The van der Waals surface area contributed by atoms with Crippen molar-refractivity contribution in [3.63, 3.8) is 0 Å². The average Bonchev–Trinajstić information content (AvgIpc) is 3.81. The summed E-state index contributed by atoms with van der Waals surface area (Å²) in [6.45, 7) is 0.640. The molecule has 1 aromatic heterocycles. The van der Waals surface area contributed by atoms with Gasteiger partial charge in [0, 0.05) is 57.2 Å². The van der Waals surface area contributed by atoms with Crippen LogP contribution in [0, 0.1) is 0 Å². The number of nitrogens with two attached hydrogens (primary N) is 2. The normalized spacial score (nSPS) is 16.5. The molecule has 0 spiro atoms. The van der Waals surface area contributed by atoms with Gasteiger partial charge in [0.25, 0.3) is 0 Å². The minimum absolute atomic E-state index is 0.252. The molecule has 2 heterocycles. The molecule has 0 amide bonds. The number of aromatic nitrogens is 1. The lowest BCUT2D eigenvalue weighted by Gasteiger charge is -2.32. The highest BCUT2D eigenvalue weighted by Crippen LogP contribution is 2.53. The molecule has 2 atom stereocenters. The van der Waals surface area contributed by atoms with E-state index in [0.717, 1.165) is 30.3 Å². The molecule has 0 fully saturated rings. The van der Waals surface area contributed by atoms with Gasteiger partial charge in [-0.1, -0.05) is 152 Å². The maximum absolute atomic E-state index is 6.64. The van der Waals surface area contributed by atoms with Crippen molar-refractivity contribution in [1.82, 2.24) is 4.57 Å². The molecule has 8 aromatic rings. The lowest BCUT2D eigenvalue weighted by Crippen LogP contribution is -2.30. The maximum atomic E-state index is 6.64. The highest BCUT2D eigenvalue weighted by Gasteiger charge is 2.41. The second-order valence-electron chi connectivity index (χ2n) is 15.5. The average molecular weight is 751 g/mol.